The average molecular weight is 294 g/mol. The fraction of sp³-hybridized carbons (Fsp3) is 0.647. The van der Waals surface area contributed by atoms with Gasteiger partial charge in [0.1, 0.15) is 5.82 Å². The van der Waals surface area contributed by atoms with Gasteiger partial charge < -0.3 is 15.3 Å². The maximum atomic E-state index is 13.2. The van der Waals surface area contributed by atoms with Crippen LogP contribution < -0.4 is 5.32 Å². The van der Waals surface area contributed by atoms with E-state index in [9.17, 15) is 9.50 Å². The topological polar surface area (TPSA) is 35.5 Å². The third-order valence-electron chi connectivity index (χ3n) is 4.28. The maximum absolute atomic E-state index is 13.2. The lowest BCUT2D eigenvalue weighted by Crippen LogP contribution is -2.41. The number of β-amino-alcohol motifs (C(OH)–C–C–N with tert-alkyl or cyclic N) is 1. The van der Waals surface area contributed by atoms with E-state index < -0.39 is 0 Å². The van der Waals surface area contributed by atoms with Gasteiger partial charge in [-0.05, 0) is 56.0 Å². The Morgan fingerprint density at radius 3 is 2.76 bits per heavy atom. The minimum Gasteiger partial charge on any atom is -0.390 e. The summed E-state index contributed by atoms with van der Waals surface area (Å²) in [5.41, 5.74) is 1.71. The quantitative estimate of drug-likeness (QED) is 0.845. The number of likely N-dealkylation sites (tertiary alicyclic amines) is 1. The van der Waals surface area contributed by atoms with Gasteiger partial charge in [0.05, 0.1) is 6.10 Å². The van der Waals surface area contributed by atoms with Gasteiger partial charge in [-0.25, -0.2) is 4.39 Å². The normalized spacial score (nSPS) is 18.9. The van der Waals surface area contributed by atoms with Gasteiger partial charge >= 0.3 is 0 Å². The molecule has 21 heavy (non-hydrogen) atoms. The van der Waals surface area contributed by atoms with E-state index >= 15 is 0 Å². The number of nitrogens with zero attached hydrogens (tertiary/aromatic N) is 1. The van der Waals surface area contributed by atoms with Crippen molar-refractivity contribution in [2.24, 2.45) is 5.92 Å². The predicted molar refractivity (Wildman–Crippen MR) is 83.7 cm³/mol. The Kier molecular flexibility index (Phi) is 6.15. The molecule has 1 aromatic rings. The van der Waals surface area contributed by atoms with Crippen LogP contribution in [-0.2, 0) is 6.54 Å². The number of hydrogen-bond donors (Lipinski definition) is 2. The largest absolute Gasteiger partial charge is 0.390 e. The van der Waals surface area contributed by atoms with Crippen molar-refractivity contribution in [3.63, 3.8) is 0 Å². The highest BCUT2D eigenvalue weighted by Gasteiger charge is 2.17. The zero-order chi connectivity index (χ0) is 15.2. The van der Waals surface area contributed by atoms with Crippen LogP contribution >= 0.6 is 0 Å². The van der Waals surface area contributed by atoms with E-state index in [1.165, 1.54) is 18.9 Å². The number of hydrogen-bond acceptors (Lipinski definition) is 3. The van der Waals surface area contributed by atoms with Gasteiger partial charge in [-0.1, -0.05) is 19.1 Å². The Morgan fingerprint density at radius 2 is 2.10 bits per heavy atom. The van der Waals surface area contributed by atoms with Crippen LogP contribution in [0.3, 0.4) is 0 Å². The average Bonchev–Trinajstić information content (AvgIpc) is 2.45. The summed E-state index contributed by atoms with van der Waals surface area (Å²) in [7, 11) is 0. The number of piperidine rings is 1. The fourth-order valence-electron chi connectivity index (χ4n) is 2.81. The van der Waals surface area contributed by atoms with Crippen LogP contribution in [0, 0.1) is 18.7 Å². The summed E-state index contributed by atoms with van der Waals surface area (Å²) < 4.78 is 13.2. The number of benzene rings is 1. The number of halogens is 1. The molecule has 0 aromatic heterocycles. The molecule has 0 radical (unpaired) electrons. The summed E-state index contributed by atoms with van der Waals surface area (Å²) in [4.78, 5) is 2.34. The third kappa shape index (κ3) is 5.38. The van der Waals surface area contributed by atoms with Crippen LogP contribution in [0.1, 0.15) is 30.9 Å². The van der Waals surface area contributed by atoms with Crippen molar-refractivity contribution < 1.29 is 9.50 Å². The van der Waals surface area contributed by atoms with Gasteiger partial charge in [0.25, 0.3) is 0 Å². The van der Waals surface area contributed by atoms with E-state index in [0.29, 0.717) is 18.7 Å². The van der Waals surface area contributed by atoms with E-state index in [4.69, 9.17) is 0 Å². The zero-order valence-electron chi connectivity index (χ0n) is 13.1. The van der Waals surface area contributed by atoms with Gasteiger partial charge in [-0.15, -0.1) is 0 Å². The van der Waals surface area contributed by atoms with Gasteiger partial charge in [0, 0.05) is 19.6 Å². The molecule has 2 N–H and O–H groups in total. The molecule has 1 aliphatic heterocycles. The van der Waals surface area contributed by atoms with Crippen LogP contribution in [0.4, 0.5) is 4.39 Å². The number of aliphatic hydroxyl groups excluding tert-OH is 1. The van der Waals surface area contributed by atoms with Gasteiger partial charge in [0.2, 0.25) is 0 Å². The minimum absolute atomic E-state index is 0.168. The lowest BCUT2D eigenvalue weighted by atomic mass is 9.99. The Morgan fingerprint density at radius 1 is 1.38 bits per heavy atom. The molecule has 0 saturated carbocycles. The monoisotopic (exact) mass is 294 g/mol. The van der Waals surface area contributed by atoms with Crippen molar-refractivity contribution in [3.8, 4) is 0 Å². The van der Waals surface area contributed by atoms with E-state index in [1.54, 1.807) is 13.0 Å². The smallest absolute Gasteiger partial charge is 0.126 e. The molecule has 1 unspecified atom stereocenters. The Bertz CT molecular complexity index is 444. The molecular formula is C17H27FN2O. The van der Waals surface area contributed by atoms with E-state index in [2.05, 4.69) is 17.1 Å². The summed E-state index contributed by atoms with van der Waals surface area (Å²) in [6.45, 7) is 8.22. The molecule has 1 heterocycles. The van der Waals surface area contributed by atoms with Crippen molar-refractivity contribution in [1.82, 2.24) is 10.2 Å². The van der Waals surface area contributed by atoms with Crippen LogP contribution in [-0.4, -0.2) is 42.3 Å². The summed E-state index contributed by atoms with van der Waals surface area (Å²) >= 11 is 0. The highest BCUT2D eigenvalue weighted by molar-refractivity contribution is 5.23. The molecule has 0 amide bonds. The van der Waals surface area contributed by atoms with Crippen molar-refractivity contribution in [1.29, 1.82) is 0 Å². The van der Waals surface area contributed by atoms with Gasteiger partial charge in [-0.3, -0.25) is 0 Å². The van der Waals surface area contributed by atoms with Crippen molar-refractivity contribution in [2.45, 2.75) is 39.3 Å². The summed E-state index contributed by atoms with van der Waals surface area (Å²) in [6.07, 6.45) is 2.12. The van der Waals surface area contributed by atoms with E-state index in [1.807, 2.05) is 6.07 Å². The second-order valence-corrected chi connectivity index (χ2v) is 6.35. The summed E-state index contributed by atoms with van der Waals surface area (Å²) in [5, 5.41) is 13.3. The number of aryl methyl sites for hydroxylation is 1. The van der Waals surface area contributed by atoms with E-state index in [0.717, 1.165) is 31.1 Å². The van der Waals surface area contributed by atoms with Gasteiger partial charge in [0.15, 0.2) is 0 Å². The summed E-state index contributed by atoms with van der Waals surface area (Å²) in [6, 6.07) is 5.13. The second-order valence-electron chi connectivity index (χ2n) is 6.35. The maximum Gasteiger partial charge on any atom is 0.126 e. The molecule has 2 rings (SSSR count). The molecule has 1 atom stereocenters. The molecule has 0 spiro atoms. The first-order valence-electron chi connectivity index (χ1n) is 7.90. The first-order chi connectivity index (χ1) is 10.0. The highest BCUT2D eigenvalue weighted by Crippen LogP contribution is 2.15. The van der Waals surface area contributed by atoms with Crippen molar-refractivity contribution in [3.05, 3.63) is 35.1 Å². The molecule has 118 valence electrons. The Labute approximate surface area is 127 Å². The molecule has 3 nitrogen and oxygen atoms in total. The van der Waals surface area contributed by atoms with Crippen LogP contribution in [0.5, 0.6) is 0 Å². The number of aliphatic hydroxyl groups is 1. The first-order valence-corrected chi connectivity index (χ1v) is 7.90. The molecule has 0 aliphatic carbocycles. The molecule has 0 bridgehead atoms. The van der Waals surface area contributed by atoms with E-state index in [-0.39, 0.29) is 11.9 Å². The third-order valence-corrected chi connectivity index (χ3v) is 4.28. The SMILES string of the molecule is Cc1cc(CNCC(O)CN2CCC(C)CC2)ccc1F. The van der Waals surface area contributed by atoms with Crippen LogP contribution in [0.25, 0.3) is 0 Å². The molecular weight excluding hydrogens is 267 g/mol. The van der Waals surface area contributed by atoms with Crippen molar-refractivity contribution in [2.75, 3.05) is 26.2 Å². The number of rotatable bonds is 6. The number of nitrogens with one attached hydrogen (secondary N) is 1. The molecule has 1 aromatic carbocycles. The standard InChI is InChI=1S/C17H27FN2O/c1-13-5-7-20(8-6-13)12-16(21)11-19-10-15-3-4-17(18)14(2)9-15/h3-4,9,13,16,19,21H,5-8,10-12H2,1-2H3. The minimum atomic E-state index is -0.347. The lowest BCUT2D eigenvalue weighted by Gasteiger charge is -2.31. The van der Waals surface area contributed by atoms with Crippen LogP contribution in [0.15, 0.2) is 18.2 Å². The molecule has 1 aliphatic rings. The molecule has 4 heteroatoms. The molecule has 1 saturated heterocycles. The predicted octanol–water partition coefficient (Wildman–Crippen LogP) is 2.32. The zero-order valence-corrected chi connectivity index (χ0v) is 13.1. The highest BCUT2D eigenvalue weighted by atomic mass is 19.1. The van der Waals surface area contributed by atoms with Crippen LogP contribution in [0.2, 0.25) is 0 Å². The first kappa shape index (κ1) is 16.4. The summed E-state index contributed by atoms with van der Waals surface area (Å²) in [5.74, 6) is 0.649. The fourth-order valence-corrected chi connectivity index (χ4v) is 2.81. The Balaban J connectivity index is 1.66. The Hall–Kier alpha value is -0.970. The van der Waals surface area contributed by atoms with Crippen molar-refractivity contribution >= 4 is 0 Å². The second kappa shape index (κ2) is 7.87. The van der Waals surface area contributed by atoms with Gasteiger partial charge in [-0.2, -0.15) is 0 Å². The lowest BCUT2D eigenvalue weighted by molar-refractivity contribution is 0.0907. The molecule has 1 fully saturated rings.